The second kappa shape index (κ2) is 6.51. The summed E-state index contributed by atoms with van der Waals surface area (Å²) in [6.45, 7) is 8.34. The van der Waals surface area contributed by atoms with Gasteiger partial charge < -0.3 is 14.5 Å². The molecule has 2 aliphatic heterocycles. The first-order valence-corrected chi connectivity index (χ1v) is 9.56. The Bertz CT molecular complexity index is 916. The Kier molecular flexibility index (Phi) is 4.29. The average Bonchev–Trinajstić information content (AvgIpc) is 2.97. The Hall–Kier alpha value is -2.63. The number of ether oxygens (including phenoxy) is 1. The largest absolute Gasteiger partial charge is 0.441 e. The van der Waals surface area contributed by atoms with E-state index in [-0.39, 0.29) is 12.0 Å². The van der Waals surface area contributed by atoms with E-state index in [4.69, 9.17) is 4.74 Å². The molecule has 2 aromatic rings. The molecule has 0 aliphatic carbocycles. The van der Waals surface area contributed by atoms with Gasteiger partial charge in [-0.05, 0) is 32.4 Å². The number of aromatic nitrogens is 1. The molecular weight excluding hydrogens is 342 g/mol. The number of likely N-dealkylation sites (N-methyl/N-ethyl adjacent to an activating group) is 1. The molecule has 2 aliphatic rings. The maximum atomic E-state index is 13.1. The van der Waals surface area contributed by atoms with Gasteiger partial charge in [-0.25, -0.2) is 4.79 Å². The Balaban J connectivity index is 1.53. The van der Waals surface area contributed by atoms with Crippen molar-refractivity contribution in [3.63, 3.8) is 0 Å². The van der Waals surface area contributed by atoms with Crippen LogP contribution in [0.3, 0.4) is 0 Å². The third-order valence-corrected chi connectivity index (χ3v) is 5.85. The van der Waals surface area contributed by atoms with Crippen molar-refractivity contribution in [2.75, 3.05) is 26.2 Å². The van der Waals surface area contributed by atoms with E-state index in [0.717, 1.165) is 22.2 Å². The molecule has 0 bridgehead atoms. The van der Waals surface area contributed by atoms with Crippen molar-refractivity contribution in [1.29, 1.82) is 0 Å². The Labute approximate surface area is 159 Å². The van der Waals surface area contributed by atoms with Gasteiger partial charge in [0.15, 0.2) is 0 Å². The number of carbonyl (C=O) groups is 2. The van der Waals surface area contributed by atoms with Gasteiger partial charge in [-0.1, -0.05) is 18.2 Å². The number of nitrogens with zero attached hydrogens (tertiary/aromatic N) is 3. The fourth-order valence-electron chi connectivity index (χ4n) is 4.14. The fourth-order valence-corrected chi connectivity index (χ4v) is 4.14. The summed E-state index contributed by atoms with van der Waals surface area (Å²) in [6.07, 6.45) is 1.13. The van der Waals surface area contributed by atoms with Gasteiger partial charge in [-0.2, -0.15) is 0 Å². The number of hydrogen-bond acceptors (Lipinski definition) is 4. The molecule has 6 heteroatoms. The zero-order chi connectivity index (χ0) is 19.2. The number of para-hydroxylation sites is 1. The molecule has 0 N–H and O–H groups in total. The maximum absolute atomic E-state index is 13.1. The number of amides is 2. The van der Waals surface area contributed by atoms with Gasteiger partial charge in [0.25, 0.3) is 5.91 Å². The van der Waals surface area contributed by atoms with Crippen LogP contribution in [-0.2, 0) is 4.74 Å². The van der Waals surface area contributed by atoms with Crippen LogP contribution in [0, 0.1) is 13.8 Å². The third-order valence-electron chi connectivity index (χ3n) is 5.85. The number of likely N-dealkylation sites (tertiary alicyclic amines) is 1. The molecule has 2 fully saturated rings. The molecule has 6 nitrogen and oxygen atoms in total. The molecule has 1 spiro atoms. The van der Waals surface area contributed by atoms with Gasteiger partial charge in [-0.15, -0.1) is 0 Å². The highest BCUT2D eigenvalue weighted by atomic mass is 16.6. The molecule has 1 aromatic carbocycles. The third kappa shape index (κ3) is 3.03. The van der Waals surface area contributed by atoms with Gasteiger partial charge in [-0.3, -0.25) is 9.78 Å². The zero-order valence-electron chi connectivity index (χ0n) is 16.1. The minimum absolute atomic E-state index is 0.00919. The predicted octanol–water partition coefficient (Wildman–Crippen LogP) is 3.30. The van der Waals surface area contributed by atoms with Gasteiger partial charge >= 0.3 is 6.09 Å². The van der Waals surface area contributed by atoms with Crippen molar-refractivity contribution in [2.24, 2.45) is 0 Å². The molecule has 3 heterocycles. The number of rotatable bonds is 2. The van der Waals surface area contributed by atoms with Gasteiger partial charge in [0.05, 0.1) is 23.3 Å². The van der Waals surface area contributed by atoms with Crippen molar-refractivity contribution in [3.05, 3.63) is 41.1 Å². The molecule has 0 unspecified atom stereocenters. The normalized spacial score (nSPS) is 19.0. The molecule has 0 atom stereocenters. The van der Waals surface area contributed by atoms with Crippen LogP contribution in [0.5, 0.6) is 0 Å². The van der Waals surface area contributed by atoms with E-state index >= 15 is 0 Å². The van der Waals surface area contributed by atoms with E-state index in [1.54, 1.807) is 4.90 Å². The summed E-state index contributed by atoms with van der Waals surface area (Å²) >= 11 is 0. The lowest BCUT2D eigenvalue weighted by Crippen LogP contribution is -2.48. The summed E-state index contributed by atoms with van der Waals surface area (Å²) in [5.74, 6) is 0.00919. The van der Waals surface area contributed by atoms with Crippen LogP contribution >= 0.6 is 0 Å². The van der Waals surface area contributed by atoms with Crippen molar-refractivity contribution < 1.29 is 14.3 Å². The lowest BCUT2D eigenvalue weighted by Gasteiger charge is -2.37. The molecule has 142 valence electrons. The van der Waals surface area contributed by atoms with Crippen molar-refractivity contribution in [1.82, 2.24) is 14.8 Å². The number of fused-ring (bicyclic) bond motifs is 1. The summed E-state index contributed by atoms with van der Waals surface area (Å²) in [4.78, 5) is 33.3. The number of aryl methyl sites for hydroxylation is 2. The molecule has 27 heavy (non-hydrogen) atoms. The summed E-state index contributed by atoms with van der Waals surface area (Å²) < 4.78 is 5.66. The van der Waals surface area contributed by atoms with Crippen LogP contribution in [0.4, 0.5) is 4.79 Å². The van der Waals surface area contributed by atoms with Crippen LogP contribution in [0.15, 0.2) is 24.3 Å². The zero-order valence-corrected chi connectivity index (χ0v) is 16.1. The first-order chi connectivity index (χ1) is 12.9. The lowest BCUT2D eigenvalue weighted by molar-refractivity contribution is 0.00312. The number of benzene rings is 1. The van der Waals surface area contributed by atoms with Crippen LogP contribution in [0.2, 0.25) is 0 Å². The highest BCUT2D eigenvalue weighted by Crippen LogP contribution is 2.33. The predicted molar refractivity (Wildman–Crippen MR) is 103 cm³/mol. The van der Waals surface area contributed by atoms with E-state index in [2.05, 4.69) is 4.98 Å². The van der Waals surface area contributed by atoms with Gasteiger partial charge in [0.2, 0.25) is 0 Å². The van der Waals surface area contributed by atoms with Crippen molar-refractivity contribution in [2.45, 2.75) is 39.2 Å². The maximum Gasteiger partial charge on any atom is 0.410 e. The van der Waals surface area contributed by atoms with Crippen molar-refractivity contribution >= 4 is 22.9 Å². The second-order valence-corrected chi connectivity index (χ2v) is 7.63. The van der Waals surface area contributed by atoms with Crippen LogP contribution < -0.4 is 0 Å². The smallest absolute Gasteiger partial charge is 0.410 e. The Morgan fingerprint density at radius 3 is 2.67 bits per heavy atom. The molecular formula is C21H25N3O3. The van der Waals surface area contributed by atoms with Gasteiger partial charge in [0.1, 0.15) is 5.60 Å². The van der Waals surface area contributed by atoms with Crippen LogP contribution in [-0.4, -0.2) is 58.6 Å². The molecule has 1 aromatic heterocycles. The first-order valence-electron chi connectivity index (χ1n) is 9.56. The Morgan fingerprint density at radius 2 is 2.00 bits per heavy atom. The fraction of sp³-hybridized carbons (Fsp3) is 0.476. The van der Waals surface area contributed by atoms with E-state index < -0.39 is 5.60 Å². The number of piperidine rings is 1. The summed E-state index contributed by atoms with van der Waals surface area (Å²) in [5.41, 5.74) is 3.03. The monoisotopic (exact) mass is 367 g/mol. The highest BCUT2D eigenvalue weighted by molar-refractivity contribution is 5.99. The summed E-state index contributed by atoms with van der Waals surface area (Å²) in [7, 11) is 0. The molecule has 0 saturated carbocycles. The molecule has 2 saturated heterocycles. The topological polar surface area (TPSA) is 62.7 Å². The number of pyridine rings is 1. The standard InChI is InChI=1S/C21H25N3O3/c1-4-23-13-21(27-20(23)26)8-10-24(11-9-21)19(25)17-12-16-7-5-6-14(2)18(16)22-15(17)3/h5-7,12H,4,8-11,13H2,1-3H3. The molecule has 0 radical (unpaired) electrons. The van der Waals surface area contributed by atoms with Crippen LogP contribution in [0.25, 0.3) is 10.9 Å². The lowest BCUT2D eigenvalue weighted by atomic mass is 9.91. The minimum atomic E-state index is -0.433. The number of carbonyl (C=O) groups excluding carboxylic acids is 2. The second-order valence-electron chi connectivity index (χ2n) is 7.63. The SMILES string of the molecule is CCN1CC2(CCN(C(=O)c3cc4cccc(C)c4nc3C)CC2)OC1=O. The average molecular weight is 367 g/mol. The minimum Gasteiger partial charge on any atom is -0.441 e. The first kappa shape index (κ1) is 17.8. The van der Waals surface area contributed by atoms with E-state index in [9.17, 15) is 9.59 Å². The van der Waals surface area contributed by atoms with Crippen LogP contribution in [0.1, 0.15) is 41.4 Å². The van der Waals surface area contributed by atoms with E-state index in [0.29, 0.717) is 44.6 Å². The summed E-state index contributed by atoms with van der Waals surface area (Å²) in [6, 6.07) is 7.96. The highest BCUT2D eigenvalue weighted by Gasteiger charge is 2.47. The number of hydrogen-bond donors (Lipinski definition) is 0. The van der Waals surface area contributed by atoms with E-state index in [1.165, 1.54) is 0 Å². The molecule has 4 rings (SSSR count). The van der Waals surface area contributed by atoms with Gasteiger partial charge in [0, 0.05) is 37.9 Å². The Morgan fingerprint density at radius 1 is 1.26 bits per heavy atom. The summed E-state index contributed by atoms with van der Waals surface area (Å²) in [5, 5.41) is 0.987. The quantitative estimate of drug-likeness (QED) is 0.817. The van der Waals surface area contributed by atoms with Crippen molar-refractivity contribution in [3.8, 4) is 0 Å². The molecule has 2 amide bonds. The van der Waals surface area contributed by atoms with E-state index in [1.807, 2.05) is 49.9 Å².